The number of nitrogens with two attached hydrogens (primary N) is 1. The van der Waals surface area contributed by atoms with Gasteiger partial charge in [-0.25, -0.2) is 0 Å². The Morgan fingerprint density at radius 3 is 2.50 bits per heavy atom. The molecule has 0 aromatic carbocycles. The Balaban J connectivity index is 1.76. The Morgan fingerprint density at radius 2 is 1.95 bits per heavy atom. The van der Waals surface area contributed by atoms with E-state index < -0.39 is 5.54 Å². The van der Waals surface area contributed by atoms with Gasteiger partial charge in [0.15, 0.2) is 0 Å². The van der Waals surface area contributed by atoms with Gasteiger partial charge in [-0.15, -0.1) is 0 Å². The highest BCUT2D eigenvalue weighted by Gasteiger charge is 2.53. The smallest absolute Gasteiger partial charge is 0.239 e. The van der Waals surface area contributed by atoms with Gasteiger partial charge in [0.05, 0.1) is 0 Å². The fourth-order valence-electron chi connectivity index (χ4n) is 3.78. The number of hydrogen-bond donors (Lipinski definition) is 2. The molecular formula is C16H29N3O. The maximum Gasteiger partial charge on any atom is 0.239 e. The molecule has 2 saturated carbocycles. The van der Waals surface area contributed by atoms with Crippen molar-refractivity contribution in [3.63, 3.8) is 0 Å². The average Bonchev–Trinajstić information content (AvgIpc) is 3.26. The maximum atomic E-state index is 12.3. The highest BCUT2D eigenvalue weighted by molar-refractivity contribution is 5.86. The minimum Gasteiger partial charge on any atom is -0.368 e. The fraction of sp³-hybridized carbons (Fsp3) is 0.938. The summed E-state index contributed by atoms with van der Waals surface area (Å²) in [6.07, 6.45) is 7.26. The van der Waals surface area contributed by atoms with Gasteiger partial charge < -0.3 is 5.73 Å². The lowest BCUT2D eigenvalue weighted by Crippen LogP contribution is -2.65. The van der Waals surface area contributed by atoms with E-state index in [1.807, 2.05) is 0 Å². The molecule has 20 heavy (non-hydrogen) atoms. The number of amides is 1. The van der Waals surface area contributed by atoms with Crippen LogP contribution < -0.4 is 11.1 Å². The standard InChI is InChI=1S/C16H29N3O/c1-11-4-3-9-19(12(11)2)10-16(15(17)20,13-5-6-13)18-14-7-8-14/h11-14,18H,3-10H2,1-2H3,(H2,17,20). The first-order chi connectivity index (χ1) is 9.53. The van der Waals surface area contributed by atoms with Crippen LogP contribution in [0.3, 0.4) is 0 Å². The number of nitrogens with one attached hydrogen (secondary N) is 1. The van der Waals surface area contributed by atoms with E-state index in [1.54, 1.807) is 0 Å². The molecule has 0 spiro atoms. The van der Waals surface area contributed by atoms with Crippen molar-refractivity contribution < 1.29 is 4.79 Å². The summed E-state index contributed by atoms with van der Waals surface area (Å²) in [5.74, 6) is 1.05. The summed E-state index contributed by atoms with van der Waals surface area (Å²) < 4.78 is 0. The Bertz CT molecular complexity index is 378. The Labute approximate surface area is 122 Å². The second-order valence-electron chi connectivity index (χ2n) is 7.36. The number of piperidine rings is 1. The normalized spacial score (nSPS) is 34.7. The predicted molar refractivity (Wildman–Crippen MR) is 80.2 cm³/mol. The van der Waals surface area contributed by atoms with E-state index in [1.165, 1.54) is 25.7 Å². The molecule has 0 bridgehead atoms. The highest BCUT2D eigenvalue weighted by atomic mass is 16.1. The van der Waals surface area contributed by atoms with Crippen LogP contribution >= 0.6 is 0 Å². The van der Waals surface area contributed by atoms with Crippen molar-refractivity contribution in [3.05, 3.63) is 0 Å². The zero-order valence-corrected chi connectivity index (χ0v) is 12.9. The largest absolute Gasteiger partial charge is 0.368 e. The quantitative estimate of drug-likeness (QED) is 0.774. The van der Waals surface area contributed by atoms with Crippen LogP contribution in [0.25, 0.3) is 0 Å². The monoisotopic (exact) mass is 279 g/mol. The number of primary amides is 1. The Morgan fingerprint density at radius 1 is 1.25 bits per heavy atom. The molecule has 3 rings (SSSR count). The molecule has 3 aliphatic rings. The predicted octanol–water partition coefficient (Wildman–Crippen LogP) is 1.49. The molecule has 0 aromatic heterocycles. The van der Waals surface area contributed by atoms with E-state index in [2.05, 4.69) is 24.1 Å². The summed E-state index contributed by atoms with van der Waals surface area (Å²) in [5.41, 5.74) is 5.39. The van der Waals surface area contributed by atoms with Crippen LogP contribution in [0.4, 0.5) is 0 Å². The van der Waals surface area contributed by atoms with Crippen LogP contribution in [0.15, 0.2) is 0 Å². The SMILES string of the molecule is CC1CCCN(CC(NC2CC2)(C(N)=O)C2CC2)C1C. The van der Waals surface area contributed by atoms with E-state index in [-0.39, 0.29) is 5.91 Å². The summed E-state index contributed by atoms with van der Waals surface area (Å²) in [7, 11) is 0. The molecular weight excluding hydrogens is 250 g/mol. The van der Waals surface area contributed by atoms with Gasteiger partial charge in [-0.3, -0.25) is 15.0 Å². The minimum atomic E-state index is -0.466. The van der Waals surface area contributed by atoms with Crippen LogP contribution in [-0.2, 0) is 4.79 Å². The molecule has 2 aliphatic carbocycles. The summed E-state index contributed by atoms with van der Waals surface area (Å²) in [6, 6.07) is 1.09. The first kappa shape index (κ1) is 14.3. The lowest BCUT2D eigenvalue weighted by Gasteiger charge is -2.44. The number of nitrogens with zero attached hydrogens (tertiary/aromatic N) is 1. The van der Waals surface area contributed by atoms with Crippen molar-refractivity contribution in [1.82, 2.24) is 10.2 Å². The first-order valence-electron chi connectivity index (χ1n) is 8.34. The average molecular weight is 279 g/mol. The third kappa shape index (κ3) is 2.73. The Kier molecular flexibility index (Phi) is 3.80. The van der Waals surface area contributed by atoms with E-state index in [0.717, 1.165) is 31.8 Å². The molecule has 4 heteroatoms. The molecule has 0 aromatic rings. The highest BCUT2D eigenvalue weighted by Crippen LogP contribution is 2.42. The molecule has 114 valence electrons. The Hall–Kier alpha value is -0.610. The maximum absolute atomic E-state index is 12.3. The summed E-state index contributed by atoms with van der Waals surface area (Å²) in [4.78, 5) is 14.8. The molecule has 1 saturated heterocycles. The minimum absolute atomic E-state index is 0.127. The zero-order chi connectivity index (χ0) is 14.3. The molecule has 1 aliphatic heterocycles. The van der Waals surface area contributed by atoms with Crippen molar-refractivity contribution >= 4 is 5.91 Å². The van der Waals surface area contributed by atoms with Crippen molar-refractivity contribution in [1.29, 1.82) is 0 Å². The summed E-state index contributed by atoms with van der Waals surface area (Å²) in [5, 5.41) is 3.63. The summed E-state index contributed by atoms with van der Waals surface area (Å²) in [6.45, 7) is 6.56. The van der Waals surface area contributed by atoms with Crippen LogP contribution in [0.1, 0.15) is 52.4 Å². The van der Waals surface area contributed by atoms with Crippen LogP contribution in [0, 0.1) is 11.8 Å². The molecule has 0 radical (unpaired) electrons. The van der Waals surface area contributed by atoms with Gasteiger partial charge in [-0.1, -0.05) is 6.92 Å². The van der Waals surface area contributed by atoms with E-state index in [9.17, 15) is 4.79 Å². The number of hydrogen-bond acceptors (Lipinski definition) is 3. The topological polar surface area (TPSA) is 58.4 Å². The van der Waals surface area contributed by atoms with Crippen LogP contribution in [0.2, 0.25) is 0 Å². The summed E-state index contributed by atoms with van der Waals surface area (Å²) >= 11 is 0. The van der Waals surface area contributed by atoms with Gasteiger partial charge in [0.1, 0.15) is 5.54 Å². The van der Waals surface area contributed by atoms with E-state index in [4.69, 9.17) is 5.73 Å². The molecule has 1 amide bonds. The number of carbonyl (C=O) groups excluding carboxylic acids is 1. The number of rotatable bonds is 6. The van der Waals surface area contributed by atoms with Gasteiger partial charge in [-0.2, -0.15) is 0 Å². The lowest BCUT2D eigenvalue weighted by molar-refractivity contribution is -0.127. The van der Waals surface area contributed by atoms with Gasteiger partial charge in [-0.05, 0) is 63.8 Å². The number of likely N-dealkylation sites (tertiary alicyclic amines) is 1. The van der Waals surface area contributed by atoms with Gasteiger partial charge >= 0.3 is 0 Å². The fourth-order valence-corrected chi connectivity index (χ4v) is 3.78. The van der Waals surface area contributed by atoms with E-state index in [0.29, 0.717) is 18.0 Å². The molecule has 3 N–H and O–H groups in total. The zero-order valence-electron chi connectivity index (χ0n) is 12.9. The van der Waals surface area contributed by atoms with Gasteiger partial charge in [0.2, 0.25) is 5.91 Å². The van der Waals surface area contributed by atoms with E-state index >= 15 is 0 Å². The van der Waals surface area contributed by atoms with Crippen molar-refractivity contribution in [2.45, 2.75) is 70.0 Å². The second kappa shape index (κ2) is 5.30. The van der Waals surface area contributed by atoms with Crippen molar-refractivity contribution in [2.24, 2.45) is 17.6 Å². The first-order valence-corrected chi connectivity index (χ1v) is 8.34. The molecule has 3 atom stereocenters. The molecule has 1 heterocycles. The van der Waals surface area contributed by atoms with Gasteiger partial charge in [0, 0.05) is 18.6 Å². The van der Waals surface area contributed by atoms with Gasteiger partial charge in [0.25, 0.3) is 0 Å². The second-order valence-corrected chi connectivity index (χ2v) is 7.36. The molecule has 3 unspecified atom stereocenters. The third-order valence-electron chi connectivity index (χ3n) is 5.71. The van der Waals surface area contributed by atoms with Crippen molar-refractivity contribution in [2.75, 3.05) is 13.1 Å². The van der Waals surface area contributed by atoms with Crippen LogP contribution in [0.5, 0.6) is 0 Å². The molecule has 3 fully saturated rings. The van der Waals surface area contributed by atoms with Crippen LogP contribution in [-0.4, -0.2) is 41.5 Å². The third-order valence-corrected chi connectivity index (χ3v) is 5.71. The number of carbonyl (C=O) groups is 1. The molecule has 4 nitrogen and oxygen atoms in total. The van der Waals surface area contributed by atoms with Crippen molar-refractivity contribution in [3.8, 4) is 0 Å². The lowest BCUT2D eigenvalue weighted by atomic mass is 9.86.